The average molecular weight is 528 g/mol. The summed E-state index contributed by atoms with van der Waals surface area (Å²) in [5.74, 6) is -0.501. The molecule has 201 valence electrons. The number of ether oxygens (including phenoxy) is 1. The largest absolute Gasteiger partial charge is 0.493 e. The normalized spacial score (nSPS) is 14.1. The van der Waals surface area contributed by atoms with E-state index in [1.54, 1.807) is 58.8 Å². The lowest BCUT2D eigenvalue weighted by molar-refractivity contribution is -0.127. The standard InChI is InChI=1S/C30H31N4O5/c1-19(35)33-16-14-21(15-17-33)31(2)30(38)27-28(39-4)25-26(32(27)3)22-12-8-9-13-23(22)34(29(25)37)18-24(36)20-10-6-5-7-11-20/h5-13,21H,1,14-18H2,2-4H3. The summed E-state index contributed by atoms with van der Waals surface area (Å²) in [6.45, 7) is 4.39. The minimum absolute atomic E-state index is 0.0762. The van der Waals surface area contributed by atoms with Gasteiger partial charge in [0.15, 0.2) is 17.2 Å². The van der Waals surface area contributed by atoms with Crippen LogP contribution in [0.15, 0.2) is 59.4 Å². The number of methoxy groups -OCH3 is 1. The molecule has 0 atom stereocenters. The molecule has 0 spiro atoms. The fourth-order valence-corrected chi connectivity index (χ4v) is 5.62. The van der Waals surface area contributed by atoms with E-state index >= 15 is 0 Å². The molecule has 1 saturated heterocycles. The van der Waals surface area contributed by atoms with Gasteiger partial charge >= 0.3 is 0 Å². The zero-order valence-corrected chi connectivity index (χ0v) is 22.3. The van der Waals surface area contributed by atoms with Gasteiger partial charge in [-0.05, 0) is 18.9 Å². The number of Topliss-reactive ketones (excluding diaryl/α,β-unsaturated/α-hetero) is 1. The van der Waals surface area contributed by atoms with Crippen molar-refractivity contribution >= 4 is 39.4 Å². The summed E-state index contributed by atoms with van der Waals surface area (Å²) in [7, 11) is 4.93. The van der Waals surface area contributed by atoms with Gasteiger partial charge in [0.05, 0.1) is 24.7 Å². The van der Waals surface area contributed by atoms with Crippen molar-refractivity contribution in [1.82, 2.24) is 18.9 Å². The van der Waals surface area contributed by atoms with E-state index < -0.39 is 5.56 Å². The van der Waals surface area contributed by atoms with Gasteiger partial charge in [-0.25, -0.2) is 0 Å². The molecule has 1 radical (unpaired) electrons. The van der Waals surface area contributed by atoms with Gasteiger partial charge in [-0.3, -0.25) is 23.7 Å². The number of carbonyl (C=O) groups excluding carboxylic acids is 3. The topological polar surface area (TPSA) is 93.9 Å². The van der Waals surface area contributed by atoms with E-state index in [2.05, 4.69) is 6.92 Å². The Hall–Kier alpha value is -4.40. The number of likely N-dealkylation sites (tertiary alicyclic amines) is 1. The lowest BCUT2D eigenvalue weighted by Crippen LogP contribution is -2.47. The second kappa shape index (κ2) is 10.4. The van der Waals surface area contributed by atoms with Crippen LogP contribution in [0, 0.1) is 6.92 Å². The van der Waals surface area contributed by atoms with Crippen LogP contribution >= 0.6 is 0 Å². The Bertz CT molecular complexity index is 1650. The van der Waals surface area contributed by atoms with Gasteiger partial charge in [0, 0.05) is 51.1 Å². The molecule has 9 heteroatoms. The van der Waals surface area contributed by atoms with Gasteiger partial charge in [-0.2, -0.15) is 0 Å². The van der Waals surface area contributed by atoms with Crippen molar-refractivity contribution in [2.24, 2.45) is 7.05 Å². The van der Waals surface area contributed by atoms with Crippen LogP contribution < -0.4 is 10.3 Å². The number of hydrogen-bond acceptors (Lipinski definition) is 5. The molecular weight excluding hydrogens is 496 g/mol. The maximum atomic E-state index is 14.0. The smallest absolute Gasteiger partial charge is 0.274 e. The van der Waals surface area contributed by atoms with Gasteiger partial charge in [0.25, 0.3) is 11.5 Å². The molecule has 2 aromatic carbocycles. The second-order valence-corrected chi connectivity index (χ2v) is 9.89. The molecule has 3 heterocycles. The number of aromatic nitrogens is 2. The molecule has 1 fully saturated rings. The van der Waals surface area contributed by atoms with E-state index in [-0.39, 0.29) is 47.0 Å². The van der Waals surface area contributed by atoms with Crippen molar-refractivity contribution in [1.29, 1.82) is 0 Å². The van der Waals surface area contributed by atoms with Gasteiger partial charge < -0.3 is 19.1 Å². The molecule has 0 N–H and O–H groups in total. The summed E-state index contributed by atoms with van der Waals surface area (Å²) in [6.07, 6.45) is 1.26. The van der Waals surface area contributed by atoms with Crippen molar-refractivity contribution in [2.75, 3.05) is 27.2 Å². The van der Waals surface area contributed by atoms with E-state index in [1.807, 2.05) is 24.3 Å². The van der Waals surface area contributed by atoms with Crippen molar-refractivity contribution in [2.45, 2.75) is 25.4 Å². The van der Waals surface area contributed by atoms with Crippen LogP contribution in [0.2, 0.25) is 0 Å². The molecule has 2 amide bonds. The summed E-state index contributed by atoms with van der Waals surface area (Å²) in [4.78, 5) is 56.0. The number of fused-ring (bicyclic) bond motifs is 3. The summed E-state index contributed by atoms with van der Waals surface area (Å²) in [6, 6.07) is 16.1. The molecular formula is C30H31N4O5. The predicted molar refractivity (Wildman–Crippen MR) is 149 cm³/mol. The van der Waals surface area contributed by atoms with Crippen LogP contribution in [0.25, 0.3) is 21.8 Å². The number of para-hydroxylation sites is 1. The molecule has 9 nitrogen and oxygen atoms in total. The number of amides is 2. The maximum Gasteiger partial charge on any atom is 0.274 e. The molecule has 2 aromatic heterocycles. The van der Waals surface area contributed by atoms with Crippen LogP contribution in [0.4, 0.5) is 0 Å². The number of benzene rings is 2. The maximum absolute atomic E-state index is 14.0. The zero-order chi connectivity index (χ0) is 27.8. The van der Waals surface area contributed by atoms with Crippen LogP contribution in [0.3, 0.4) is 0 Å². The summed E-state index contributed by atoms with van der Waals surface area (Å²) in [5.41, 5.74) is 1.55. The molecule has 5 rings (SSSR count). The van der Waals surface area contributed by atoms with Crippen molar-refractivity contribution < 1.29 is 19.1 Å². The van der Waals surface area contributed by atoms with E-state index in [0.29, 0.717) is 42.5 Å². The highest BCUT2D eigenvalue weighted by Crippen LogP contribution is 2.36. The van der Waals surface area contributed by atoms with Crippen LogP contribution in [-0.4, -0.2) is 69.8 Å². The highest BCUT2D eigenvalue weighted by Gasteiger charge is 2.33. The van der Waals surface area contributed by atoms with Gasteiger partial charge in [-0.15, -0.1) is 0 Å². The third-order valence-electron chi connectivity index (χ3n) is 7.75. The number of ketones is 1. The van der Waals surface area contributed by atoms with E-state index in [1.165, 1.54) is 11.7 Å². The molecule has 0 unspecified atom stereocenters. The molecule has 1 aliphatic rings. The summed E-state index contributed by atoms with van der Waals surface area (Å²) >= 11 is 0. The third-order valence-corrected chi connectivity index (χ3v) is 7.75. The number of carbonyl (C=O) groups is 3. The highest BCUT2D eigenvalue weighted by atomic mass is 16.5. The minimum Gasteiger partial charge on any atom is -0.493 e. The fourth-order valence-electron chi connectivity index (χ4n) is 5.62. The quantitative estimate of drug-likeness (QED) is 0.359. The van der Waals surface area contributed by atoms with Crippen LogP contribution in [0.5, 0.6) is 5.75 Å². The van der Waals surface area contributed by atoms with Crippen molar-refractivity contribution in [3.05, 3.63) is 83.1 Å². The number of piperidine rings is 1. The van der Waals surface area contributed by atoms with E-state index in [9.17, 15) is 19.2 Å². The lowest BCUT2D eigenvalue weighted by atomic mass is 10.0. The van der Waals surface area contributed by atoms with Gasteiger partial charge in [0.2, 0.25) is 5.91 Å². The van der Waals surface area contributed by atoms with Crippen LogP contribution in [-0.2, 0) is 18.4 Å². The third kappa shape index (κ3) is 4.47. The Morgan fingerprint density at radius 2 is 1.67 bits per heavy atom. The molecule has 0 saturated carbocycles. The Morgan fingerprint density at radius 1 is 1.03 bits per heavy atom. The molecule has 1 aliphatic heterocycles. The first-order chi connectivity index (χ1) is 18.7. The first kappa shape index (κ1) is 26.2. The lowest BCUT2D eigenvalue weighted by Gasteiger charge is -2.36. The monoisotopic (exact) mass is 527 g/mol. The number of pyridine rings is 1. The van der Waals surface area contributed by atoms with E-state index in [4.69, 9.17) is 4.74 Å². The average Bonchev–Trinajstić information content (AvgIpc) is 3.27. The predicted octanol–water partition coefficient (Wildman–Crippen LogP) is 3.28. The van der Waals surface area contributed by atoms with E-state index in [0.717, 1.165) is 5.39 Å². The number of hydrogen-bond donors (Lipinski definition) is 0. The Balaban J connectivity index is 1.62. The first-order valence-corrected chi connectivity index (χ1v) is 12.9. The van der Waals surface area contributed by atoms with Crippen LogP contribution in [0.1, 0.15) is 33.7 Å². The Kier molecular flexibility index (Phi) is 6.99. The van der Waals surface area contributed by atoms with Crippen molar-refractivity contribution in [3.63, 3.8) is 0 Å². The second-order valence-electron chi connectivity index (χ2n) is 9.89. The summed E-state index contributed by atoms with van der Waals surface area (Å²) < 4.78 is 8.91. The molecule has 4 aromatic rings. The first-order valence-electron chi connectivity index (χ1n) is 12.9. The molecule has 0 bridgehead atoms. The highest BCUT2D eigenvalue weighted by molar-refractivity contribution is 6.12. The Labute approximate surface area is 226 Å². The Morgan fingerprint density at radius 3 is 2.31 bits per heavy atom. The minimum atomic E-state index is -0.399. The molecule has 0 aliphatic carbocycles. The van der Waals surface area contributed by atoms with Gasteiger partial charge in [0.1, 0.15) is 5.39 Å². The van der Waals surface area contributed by atoms with Gasteiger partial charge in [-0.1, -0.05) is 48.5 Å². The number of aryl methyl sites for hydroxylation is 1. The molecule has 39 heavy (non-hydrogen) atoms. The fraction of sp³-hybridized carbons (Fsp3) is 0.300. The summed E-state index contributed by atoms with van der Waals surface area (Å²) in [5, 5.41) is 0.992. The number of nitrogens with zero attached hydrogens (tertiary/aromatic N) is 4. The zero-order valence-electron chi connectivity index (χ0n) is 22.3. The van der Waals surface area contributed by atoms with Crippen molar-refractivity contribution in [3.8, 4) is 5.75 Å². The SMILES string of the molecule is [CH2]C(=O)N1CCC(N(C)C(=O)c2c(OC)c3c(=O)n(CC(=O)c4ccccc4)c4ccccc4c3n2C)CC1. The number of rotatable bonds is 6.